The Morgan fingerprint density at radius 2 is 0.510 bits per heavy atom. The Morgan fingerprint density at radius 3 is 0.794 bits per heavy atom. The molecule has 590 valence electrons. The molecule has 19 heteroatoms. The van der Waals surface area contributed by atoms with Crippen LogP contribution in [-0.4, -0.2) is 96.7 Å². The summed E-state index contributed by atoms with van der Waals surface area (Å²) in [6.45, 7) is 4.64. The van der Waals surface area contributed by atoms with E-state index in [1.165, 1.54) is 103 Å². The van der Waals surface area contributed by atoms with Crippen LogP contribution in [0.15, 0.2) is 97.2 Å². The summed E-state index contributed by atoms with van der Waals surface area (Å²) in [6.07, 6.45) is 79.5. The minimum Gasteiger partial charge on any atom is -0.462 e. The lowest BCUT2D eigenvalue weighted by Gasteiger charge is -2.21. The first-order valence-corrected chi connectivity index (χ1v) is 43.5. The first-order valence-electron chi connectivity index (χ1n) is 40.5. The number of unbranched alkanes of at least 4 members (excludes halogenated alkanes) is 34. The normalized spacial score (nSPS) is 14.4. The standard InChI is InChI=1S/C83H146O17P2/c1-5-9-13-17-21-25-29-33-37-38-42-44-48-52-56-60-64-68-81(86)94-74-79(100-83(88)70-66-62-58-54-50-46-41-36-32-28-24-20-16-12-8-4)76-98-102(91,92)96-72-77(84)71-95-101(89,90)97-75-78(99-82(87)69-65-61-57-53-49-45-40-35-31-27-23-19-15-11-7-3)73-93-80(85)67-63-59-55-51-47-43-39-34-30-26-22-18-14-10-6-2/h9,12-13,16,21,24-25,28,33-34,36-37,39,41-42,44,77-79,84H,5-8,10-11,14-15,17-20,22-23,26-27,29-32,35,38,40,43,45-76H2,1-4H3,(H,89,90)(H,91,92)/b13-9-,16-12-,25-21-,28-24-,37-33-,39-34-,41-36-,44-42-. The predicted octanol–water partition coefficient (Wildman–Crippen LogP) is 23.6. The second-order valence-electron chi connectivity index (χ2n) is 27.0. The molecule has 17 nitrogen and oxygen atoms in total. The third-order valence-corrected chi connectivity index (χ3v) is 18.9. The molecule has 0 radical (unpaired) electrons. The second kappa shape index (κ2) is 75.2. The summed E-state index contributed by atoms with van der Waals surface area (Å²) in [5.74, 6) is -2.21. The molecular formula is C83H146O17P2. The number of hydrogen-bond donors (Lipinski definition) is 3. The quantitative estimate of drug-likeness (QED) is 0.0169. The fraction of sp³-hybridized carbons (Fsp3) is 0.759. The van der Waals surface area contributed by atoms with Gasteiger partial charge in [-0.3, -0.25) is 37.3 Å². The minimum atomic E-state index is -4.99. The van der Waals surface area contributed by atoms with Crippen molar-refractivity contribution in [2.45, 2.75) is 367 Å². The van der Waals surface area contributed by atoms with Gasteiger partial charge in [0.25, 0.3) is 0 Å². The van der Waals surface area contributed by atoms with Gasteiger partial charge in [-0.1, -0.05) is 298 Å². The van der Waals surface area contributed by atoms with E-state index in [1.807, 2.05) is 0 Å². The SMILES string of the molecule is CC/C=C\C/C=C\C/C=C\C/C=C\CCCCCCC(=O)OCC(COP(=O)(O)OCC(O)COP(=O)(O)OCC(COC(=O)CCCCCCC/C=C\CCCCCCCC)OC(=O)CCCCCCCCCCCCCCCCC)OC(=O)CCCCCCC/C=C\C/C=C\C/C=C\CC. The molecule has 0 aromatic carbocycles. The van der Waals surface area contributed by atoms with Gasteiger partial charge < -0.3 is 33.8 Å². The van der Waals surface area contributed by atoms with Crippen molar-refractivity contribution in [1.29, 1.82) is 0 Å². The lowest BCUT2D eigenvalue weighted by Crippen LogP contribution is -2.30. The van der Waals surface area contributed by atoms with E-state index in [1.54, 1.807) is 0 Å². The summed E-state index contributed by atoms with van der Waals surface area (Å²) >= 11 is 0. The molecule has 0 saturated carbocycles. The fourth-order valence-electron chi connectivity index (χ4n) is 10.9. The fourth-order valence-corrected chi connectivity index (χ4v) is 12.5. The van der Waals surface area contributed by atoms with Crippen molar-refractivity contribution in [3.63, 3.8) is 0 Å². The van der Waals surface area contributed by atoms with Crippen molar-refractivity contribution in [3.05, 3.63) is 97.2 Å². The lowest BCUT2D eigenvalue weighted by molar-refractivity contribution is -0.161. The van der Waals surface area contributed by atoms with Crippen LogP contribution < -0.4 is 0 Å². The largest absolute Gasteiger partial charge is 0.472 e. The third-order valence-electron chi connectivity index (χ3n) is 17.0. The van der Waals surface area contributed by atoms with E-state index in [0.717, 1.165) is 167 Å². The molecule has 0 aliphatic heterocycles. The van der Waals surface area contributed by atoms with Crippen molar-refractivity contribution in [2.75, 3.05) is 39.6 Å². The van der Waals surface area contributed by atoms with Gasteiger partial charge in [0.05, 0.1) is 26.4 Å². The van der Waals surface area contributed by atoms with E-state index in [4.69, 9.17) is 37.0 Å². The van der Waals surface area contributed by atoms with Gasteiger partial charge >= 0.3 is 39.5 Å². The summed E-state index contributed by atoms with van der Waals surface area (Å²) < 4.78 is 68.6. The van der Waals surface area contributed by atoms with Gasteiger partial charge in [-0.2, -0.15) is 0 Å². The Kier molecular flexibility index (Phi) is 72.3. The molecule has 5 atom stereocenters. The van der Waals surface area contributed by atoms with Crippen molar-refractivity contribution >= 4 is 39.5 Å². The first kappa shape index (κ1) is 98.0. The van der Waals surface area contributed by atoms with Gasteiger partial charge in [0, 0.05) is 25.7 Å². The smallest absolute Gasteiger partial charge is 0.462 e. The number of allylic oxidation sites excluding steroid dienone is 16. The third kappa shape index (κ3) is 74.3. The number of rotatable bonds is 76. The Hall–Kier alpha value is -4.02. The van der Waals surface area contributed by atoms with Gasteiger partial charge in [-0.15, -0.1) is 0 Å². The van der Waals surface area contributed by atoms with Crippen molar-refractivity contribution in [3.8, 4) is 0 Å². The average molecular weight is 1480 g/mol. The van der Waals surface area contributed by atoms with E-state index < -0.39 is 97.5 Å². The zero-order valence-corrected chi connectivity index (χ0v) is 66.3. The number of carbonyl (C=O) groups excluding carboxylic acids is 4. The second-order valence-corrected chi connectivity index (χ2v) is 29.9. The molecular weight excluding hydrogens is 1330 g/mol. The number of esters is 4. The van der Waals surface area contributed by atoms with Crippen molar-refractivity contribution in [2.24, 2.45) is 0 Å². The summed E-state index contributed by atoms with van der Waals surface area (Å²) in [6, 6.07) is 0. The minimum absolute atomic E-state index is 0.0695. The maximum atomic E-state index is 13.1. The van der Waals surface area contributed by atoms with Crippen LogP contribution in [0.3, 0.4) is 0 Å². The highest BCUT2D eigenvalue weighted by Gasteiger charge is 2.30. The molecule has 0 bridgehead atoms. The highest BCUT2D eigenvalue weighted by molar-refractivity contribution is 7.47. The van der Waals surface area contributed by atoms with Gasteiger partial charge in [-0.05, 0) is 122 Å². The summed E-state index contributed by atoms with van der Waals surface area (Å²) in [5.41, 5.74) is 0. The Morgan fingerprint density at radius 1 is 0.284 bits per heavy atom. The molecule has 0 spiro atoms. The van der Waals surface area contributed by atoms with Crippen molar-refractivity contribution < 1.29 is 80.2 Å². The lowest BCUT2D eigenvalue weighted by atomic mass is 10.0. The molecule has 0 aromatic rings. The molecule has 0 aliphatic carbocycles. The number of carbonyl (C=O) groups is 4. The van der Waals surface area contributed by atoms with Gasteiger partial charge in [0.2, 0.25) is 0 Å². The number of hydrogen-bond acceptors (Lipinski definition) is 15. The van der Waals surface area contributed by atoms with Crippen molar-refractivity contribution in [1.82, 2.24) is 0 Å². The Balaban J connectivity index is 5.38. The molecule has 0 amide bonds. The Bertz CT molecular complexity index is 2310. The van der Waals surface area contributed by atoms with Crippen LogP contribution in [0.25, 0.3) is 0 Å². The zero-order chi connectivity index (χ0) is 74.6. The molecule has 0 aromatic heterocycles. The van der Waals surface area contributed by atoms with E-state index in [0.29, 0.717) is 25.7 Å². The van der Waals surface area contributed by atoms with E-state index in [2.05, 4.69) is 125 Å². The number of phosphoric ester groups is 2. The maximum Gasteiger partial charge on any atom is 0.472 e. The summed E-state index contributed by atoms with van der Waals surface area (Å²) in [7, 11) is -9.96. The molecule has 0 saturated heterocycles. The number of ether oxygens (including phenoxy) is 4. The summed E-state index contributed by atoms with van der Waals surface area (Å²) in [5, 5.41) is 10.6. The van der Waals surface area contributed by atoms with E-state index in [-0.39, 0.29) is 25.7 Å². The molecule has 3 N–H and O–H groups in total. The molecule has 0 aliphatic rings. The van der Waals surface area contributed by atoms with Crippen LogP contribution in [0.1, 0.15) is 349 Å². The average Bonchev–Trinajstić information content (AvgIpc) is 0.923. The van der Waals surface area contributed by atoms with Crippen LogP contribution in [0, 0.1) is 0 Å². The van der Waals surface area contributed by atoms with E-state index in [9.17, 15) is 43.2 Å². The van der Waals surface area contributed by atoms with Crippen LogP contribution >= 0.6 is 15.6 Å². The molecule has 102 heavy (non-hydrogen) atoms. The molecule has 0 fully saturated rings. The molecule has 0 rings (SSSR count). The van der Waals surface area contributed by atoms with Gasteiger partial charge in [0.15, 0.2) is 12.2 Å². The zero-order valence-electron chi connectivity index (χ0n) is 64.5. The van der Waals surface area contributed by atoms with Crippen LogP contribution in [-0.2, 0) is 65.4 Å². The topological polar surface area (TPSA) is 237 Å². The van der Waals surface area contributed by atoms with Crippen LogP contribution in [0.4, 0.5) is 0 Å². The van der Waals surface area contributed by atoms with Gasteiger partial charge in [0.1, 0.15) is 19.3 Å². The van der Waals surface area contributed by atoms with Gasteiger partial charge in [-0.25, -0.2) is 9.13 Å². The monoisotopic (exact) mass is 1480 g/mol. The summed E-state index contributed by atoms with van der Waals surface area (Å²) in [4.78, 5) is 73.0. The number of phosphoric acid groups is 2. The first-order chi connectivity index (χ1) is 49.7. The molecule has 0 heterocycles. The Labute approximate surface area is 620 Å². The van der Waals surface area contributed by atoms with E-state index >= 15 is 0 Å². The number of aliphatic hydroxyl groups excluding tert-OH is 1. The molecule has 5 unspecified atom stereocenters. The number of aliphatic hydroxyl groups is 1. The highest BCUT2D eigenvalue weighted by atomic mass is 31.2. The predicted molar refractivity (Wildman–Crippen MR) is 418 cm³/mol. The highest BCUT2D eigenvalue weighted by Crippen LogP contribution is 2.45. The van der Waals surface area contributed by atoms with Crippen LogP contribution in [0.5, 0.6) is 0 Å². The maximum absolute atomic E-state index is 13.1. The van der Waals surface area contributed by atoms with Crippen LogP contribution in [0.2, 0.25) is 0 Å².